The summed E-state index contributed by atoms with van der Waals surface area (Å²) in [5, 5.41) is 2.56. The number of nitrogens with two attached hydrogens (primary N) is 1. The third kappa shape index (κ3) is 4.69. The molecule has 0 spiro atoms. The number of amides is 1. The zero-order valence-electron chi connectivity index (χ0n) is 9.43. The van der Waals surface area contributed by atoms with Crippen molar-refractivity contribution in [1.82, 2.24) is 0 Å². The molecule has 6 heteroatoms. The molecule has 1 aromatic carbocycles. The normalized spacial score (nSPS) is 9.47. The van der Waals surface area contributed by atoms with Crippen molar-refractivity contribution in [3.63, 3.8) is 0 Å². The van der Waals surface area contributed by atoms with Gasteiger partial charge in [0.05, 0.1) is 12.3 Å². The lowest BCUT2D eigenvalue weighted by Crippen LogP contribution is -2.19. The van der Waals surface area contributed by atoms with Crippen molar-refractivity contribution in [2.45, 2.75) is 6.92 Å². The first-order valence-corrected chi connectivity index (χ1v) is 5.48. The highest BCUT2D eigenvalue weighted by molar-refractivity contribution is 7.80. The van der Waals surface area contributed by atoms with Gasteiger partial charge in [0.1, 0.15) is 17.3 Å². The third-order valence-electron chi connectivity index (χ3n) is 1.77. The summed E-state index contributed by atoms with van der Waals surface area (Å²) >= 11 is 4.71. The first kappa shape index (κ1) is 13.2. The molecule has 0 atom stereocenters. The molecule has 1 aromatic rings. The zero-order valence-corrected chi connectivity index (χ0v) is 10.3. The van der Waals surface area contributed by atoms with E-state index in [1.54, 1.807) is 31.2 Å². The van der Waals surface area contributed by atoms with E-state index in [2.05, 4.69) is 5.32 Å². The highest BCUT2D eigenvalue weighted by Crippen LogP contribution is 2.23. The van der Waals surface area contributed by atoms with Crippen molar-refractivity contribution >= 4 is 29.0 Å². The minimum atomic E-state index is -0.529. The summed E-state index contributed by atoms with van der Waals surface area (Å²) in [5.41, 5.74) is 5.85. The van der Waals surface area contributed by atoms with Gasteiger partial charge in [0.2, 0.25) is 0 Å². The number of carbonyl (C=O) groups excluding carboxylic acids is 1. The van der Waals surface area contributed by atoms with E-state index in [1.807, 2.05) is 0 Å². The number of rotatable bonds is 5. The highest BCUT2D eigenvalue weighted by atomic mass is 32.1. The second kappa shape index (κ2) is 6.70. The maximum Gasteiger partial charge on any atom is 0.411 e. The minimum Gasteiger partial charge on any atom is -0.484 e. The molecule has 0 radical (unpaired) electrons. The molecule has 0 heterocycles. The topological polar surface area (TPSA) is 73.6 Å². The first-order valence-electron chi connectivity index (χ1n) is 5.07. The molecule has 92 valence electrons. The highest BCUT2D eigenvalue weighted by Gasteiger charge is 2.07. The van der Waals surface area contributed by atoms with Gasteiger partial charge in [0, 0.05) is 0 Å². The van der Waals surface area contributed by atoms with Gasteiger partial charge in [-0.2, -0.15) is 0 Å². The predicted octanol–water partition coefficient (Wildman–Crippen LogP) is 1.92. The minimum absolute atomic E-state index is 0.122. The van der Waals surface area contributed by atoms with Gasteiger partial charge in [0.15, 0.2) is 0 Å². The molecule has 0 aliphatic heterocycles. The van der Waals surface area contributed by atoms with Crippen LogP contribution >= 0.6 is 12.2 Å². The van der Waals surface area contributed by atoms with Crippen LogP contribution in [-0.2, 0) is 4.74 Å². The first-order chi connectivity index (χ1) is 8.13. The van der Waals surface area contributed by atoms with Crippen LogP contribution in [0.1, 0.15) is 6.92 Å². The molecule has 0 aromatic heterocycles. The number of ether oxygens (including phenoxy) is 2. The smallest absolute Gasteiger partial charge is 0.411 e. The second-order valence-corrected chi connectivity index (χ2v) is 3.62. The maximum absolute atomic E-state index is 11.3. The van der Waals surface area contributed by atoms with Crippen LogP contribution in [0.5, 0.6) is 5.75 Å². The Balaban J connectivity index is 2.70. The molecule has 0 fully saturated rings. The van der Waals surface area contributed by atoms with Crippen molar-refractivity contribution in [1.29, 1.82) is 0 Å². The Bertz CT molecular complexity index is 409. The molecule has 17 heavy (non-hydrogen) atoms. The molecule has 3 N–H and O–H groups in total. The molecular weight excluding hydrogens is 240 g/mol. The lowest BCUT2D eigenvalue weighted by molar-refractivity contribution is 0.168. The van der Waals surface area contributed by atoms with Crippen molar-refractivity contribution < 1.29 is 14.3 Å². The molecule has 0 saturated heterocycles. The number of anilines is 1. The number of thiocarbonyl (C=S) groups is 1. The molecule has 0 saturated carbocycles. The van der Waals surface area contributed by atoms with Gasteiger partial charge in [-0.3, -0.25) is 5.32 Å². The van der Waals surface area contributed by atoms with E-state index in [4.69, 9.17) is 27.4 Å². The average molecular weight is 254 g/mol. The van der Waals surface area contributed by atoms with Crippen LogP contribution in [0.2, 0.25) is 0 Å². The standard InChI is InChI=1S/C11H14N2O3S/c1-2-15-11(14)13-8-5-3-4-6-9(8)16-7-10(12)17/h3-6H,2,7H2,1H3,(H2,12,17)(H,13,14). The van der Waals surface area contributed by atoms with Gasteiger partial charge in [-0.15, -0.1) is 0 Å². The quantitative estimate of drug-likeness (QED) is 0.785. The number of hydrogen-bond acceptors (Lipinski definition) is 4. The lowest BCUT2D eigenvalue weighted by atomic mass is 10.3. The molecule has 0 unspecified atom stereocenters. The predicted molar refractivity (Wildman–Crippen MR) is 69.4 cm³/mol. The second-order valence-electron chi connectivity index (χ2n) is 3.10. The summed E-state index contributed by atoms with van der Waals surface area (Å²) in [6.45, 7) is 2.16. The Kier molecular flexibility index (Phi) is 5.22. The van der Waals surface area contributed by atoms with Crippen LogP contribution in [0, 0.1) is 0 Å². The van der Waals surface area contributed by atoms with Crippen LogP contribution in [0.25, 0.3) is 0 Å². The van der Waals surface area contributed by atoms with Gasteiger partial charge >= 0.3 is 6.09 Å². The summed E-state index contributed by atoms with van der Waals surface area (Å²) < 4.78 is 10.1. The Morgan fingerprint density at radius 1 is 1.47 bits per heavy atom. The number of nitrogens with one attached hydrogen (secondary N) is 1. The fourth-order valence-electron chi connectivity index (χ4n) is 1.12. The summed E-state index contributed by atoms with van der Waals surface area (Å²) in [6.07, 6.45) is -0.529. The van der Waals surface area contributed by atoms with Gasteiger partial charge in [-0.05, 0) is 19.1 Å². The summed E-state index contributed by atoms with van der Waals surface area (Å²) in [5.74, 6) is 0.494. The number of carbonyl (C=O) groups is 1. The molecule has 0 aliphatic rings. The monoisotopic (exact) mass is 254 g/mol. The van der Waals surface area contributed by atoms with Crippen molar-refractivity contribution in [3.8, 4) is 5.75 Å². The molecule has 0 bridgehead atoms. The number of hydrogen-bond donors (Lipinski definition) is 2. The van der Waals surface area contributed by atoms with Crippen LogP contribution in [-0.4, -0.2) is 24.3 Å². The van der Waals surface area contributed by atoms with E-state index in [9.17, 15) is 4.79 Å². The molecule has 5 nitrogen and oxygen atoms in total. The molecular formula is C11H14N2O3S. The van der Waals surface area contributed by atoms with E-state index in [-0.39, 0.29) is 11.6 Å². The van der Waals surface area contributed by atoms with Crippen molar-refractivity contribution in [3.05, 3.63) is 24.3 Å². The van der Waals surface area contributed by atoms with Crippen molar-refractivity contribution in [2.75, 3.05) is 18.5 Å². The fourth-order valence-corrected chi connectivity index (χ4v) is 1.18. The lowest BCUT2D eigenvalue weighted by Gasteiger charge is -2.11. The third-order valence-corrected chi connectivity index (χ3v) is 1.89. The summed E-state index contributed by atoms with van der Waals surface area (Å²) in [4.78, 5) is 11.5. The number of benzene rings is 1. The zero-order chi connectivity index (χ0) is 12.7. The van der Waals surface area contributed by atoms with E-state index in [0.29, 0.717) is 18.0 Å². The van der Waals surface area contributed by atoms with Gasteiger partial charge in [-0.25, -0.2) is 4.79 Å². The summed E-state index contributed by atoms with van der Waals surface area (Å²) in [7, 11) is 0. The van der Waals surface area contributed by atoms with Crippen molar-refractivity contribution in [2.24, 2.45) is 5.73 Å². The SMILES string of the molecule is CCOC(=O)Nc1ccccc1OCC(N)=S. The maximum atomic E-state index is 11.3. The molecule has 0 aliphatic carbocycles. The van der Waals surface area contributed by atoms with Crippen LogP contribution < -0.4 is 15.8 Å². The molecule has 1 amide bonds. The van der Waals surface area contributed by atoms with Crippen LogP contribution in [0.15, 0.2) is 24.3 Å². The molecule has 1 rings (SSSR count). The Labute approximate surface area is 105 Å². The van der Waals surface area contributed by atoms with E-state index in [0.717, 1.165) is 0 Å². The van der Waals surface area contributed by atoms with Gasteiger partial charge < -0.3 is 15.2 Å². The largest absolute Gasteiger partial charge is 0.484 e. The van der Waals surface area contributed by atoms with Gasteiger partial charge in [0.25, 0.3) is 0 Å². The number of para-hydroxylation sites is 2. The Morgan fingerprint density at radius 3 is 2.82 bits per heavy atom. The fraction of sp³-hybridized carbons (Fsp3) is 0.273. The summed E-state index contributed by atoms with van der Waals surface area (Å²) in [6, 6.07) is 6.96. The van der Waals surface area contributed by atoms with E-state index >= 15 is 0 Å². The Morgan fingerprint density at radius 2 is 2.18 bits per heavy atom. The average Bonchev–Trinajstić information content (AvgIpc) is 2.28. The van der Waals surface area contributed by atoms with Crippen LogP contribution in [0.3, 0.4) is 0 Å². The van der Waals surface area contributed by atoms with Gasteiger partial charge in [-0.1, -0.05) is 24.4 Å². The van der Waals surface area contributed by atoms with E-state index < -0.39 is 6.09 Å². The van der Waals surface area contributed by atoms with Crippen LogP contribution in [0.4, 0.5) is 10.5 Å². The van der Waals surface area contributed by atoms with E-state index in [1.165, 1.54) is 0 Å². The Hall–Kier alpha value is -1.82.